The van der Waals surface area contributed by atoms with E-state index < -0.39 is 0 Å². The molecule has 0 fully saturated rings. The van der Waals surface area contributed by atoms with Crippen molar-refractivity contribution in [1.29, 1.82) is 0 Å². The van der Waals surface area contributed by atoms with Crippen LogP contribution in [0.3, 0.4) is 0 Å². The molecule has 4 aromatic rings. The highest BCUT2D eigenvalue weighted by Crippen LogP contribution is 2.24. The number of tetrazole rings is 1. The zero-order chi connectivity index (χ0) is 20.2. The molecule has 10 heteroatoms. The molecule has 0 unspecified atom stereocenters. The Balaban J connectivity index is 1.43. The monoisotopic (exact) mass is 408 g/mol. The van der Waals surface area contributed by atoms with E-state index in [1.807, 2.05) is 62.4 Å². The van der Waals surface area contributed by atoms with Gasteiger partial charge < -0.3 is 10.6 Å². The molecule has 2 aromatic heterocycles. The van der Waals surface area contributed by atoms with Gasteiger partial charge in [0.05, 0.1) is 11.4 Å². The third kappa shape index (κ3) is 4.06. The molecule has 0 aliphatic heterocycles. The fourth-order valence-electron chi connectivity index (χ4n) is 2.86. The van der Waals surface area contributed by atoms with Gasteiger partial charge in [0.2, 0.25) is 5.16 Å². The van der Waals surface area contributed by atoms with E-state index in [2.05, 4.69) is 25.7 Å². The van der Waals surface area contributed by atoms with Crippen molar-refractivity contribution in [3.8, 4) is 11.4 Å². The van der Waals surface area contributed by atoms with E-state index in [9.17, 15) is 0 Å². The number of para-hydroxylation sites is 2. The van der Waals surface area contributed by atoms with E-state index in [0.29, 0.717) is 22.6 Å². The van der Waals surface area contributed by atoms with Gasteiger partial charge in [-0.2, -0.15) is 4.68 Å². The predicted molar refractivity (Wildman–Crippen MR) is 109 cm³/mol. The summed E-state index contributed by atoms with van der Waals surface area (Å²) in [7, 11) is 0. The minimum Gasteiger partial charge on any atom is -0.485 e. The molecule has 0 radical (unpaired) electrons. The van der Waals surface area contributed by atoms with Crippen LogP contribution in [-0.2, 0) is 12.4 Å². The molecule has 9 nitrogen and oxygen atoms in total. The van der Waals surface area contributed by atoms with Crippen molar-refractivity contribution in [2.75, 3.05) is 5.84 Å². The topological polar surface area (TPSA) is 110 Å². The van der Waals surface area contributed by atoms with Gasteiger partial charge in [-0.05, 0) is 47.5 Å². The second-order valence-corrected chi connectivity index (χ2v) is 7.35. The lowest BCUT2D eigenvalue weighted by atomic mass is 10.1. The number of benzene rings is 2. The molecule has 0 atom stereocenters. The van der Waals surface area contributed by atoms with Crippen LogP contribution in [0, 0.1) is 13.8 Å². The second kappa shape index (κ2) is 8.31. The van der Waals surface area contributed by atoms with Gasteiger partial charge in [-0.3, -0.25) is 0 Å². The minimum absolute atomic E-state index is 0.234. The first-order valence-corrected chi connectivity index (χ1v) is 9.96. The van der Waals surface area contributed by atoms with Crippen LogP contribution in [0.25, 0.3) is 5.69 Å². The van der Waals surface area contributed by atoms with Crippen molar-refractivity contribution in [3.05, 3.63) is 71.3 Å². The van der Waals surface area contributed by atoms with Crippen LogP contribution in [0.1, 0.15) is 22.8 Å². The number of thioether (sulfide) groups is 1. The lowest BCUT2D eigenvalue weighted by Crippen LogP contribution is -2.16. The minimum atomic E-state index is 0.234. The number of nitrogen functional groups attached to an aromatic ring is 1. The third-order valence-electron chi connectivity index (χ3n) is 4.35. The molecule has 0 aliphatic carbocycles. The highest BCUT2D eigenvalue weighted by molar-refractivity contribution is 7.98. The maximum absolute atomic E-state index is 6.16. The molecule has 2 N–H and O–H groups in total. The summed E-state index contributed by atoms with van der Waals surface area (Å²) in [5, 5.41) is 20.8. The molecule has 0 bridgehead atoms. The molecule has 0 amide bonds. The number of nitrogens with two attached hydrogens (primary N) is 1. The standard InChI is InChI=1S/C19H20N8OS/c1-13-7-6-8-14(2)18(13)28-11-16-21-23-19(26(16)20)29-12-17-22-24-25-27(17)15-9-4-3-5-10-15/h3-10H,11-12,20H2,1-2H3. The SMILES string of the molecule is Cc1cccc(C)c1OCc1nnc(SCc2nnnn2-c2ccccc2)n1N. The first kappa shape index (κ1) is 18.9. The lowest BCUT2D eigenvalue weighted by molar-refractivity contribution is 0.288. The van der Waals surface area contributed by atoms with Gasteiger partial charge in [-0.1, -0.05) is 48.2 Å². The Morgan fingerprint density at radius 2 is 1.69 bits per heavy atom. The molecule has 0 spiro atoms. The Labute approximate surface area is 171 Å². The Morgan fingerprint density at radius 3 is 2.45 bits per heavy atom. The van der Waals surface area contributed by atoms with Crippen molar-refractivity contribution < 1.29 is 4.74 Å². The number of nitrogens with zero attached hydrogens (tertiary/aromatic N) is 7. The number of ether oxygens (including phenoxy) is 1. The molecular formula is C19H20N8OS. The molecule has 148 valence electrons. The van der Waals surface area contributed by atoms with Gasteiger partial charge in [0.1, 0.15) is 12.4 Å². The van der Waals surface area contributed by atoms with E-state index in [1.165, 1.54) is 16.4 Å². The number of hydrogen-bond donors (Lipinski definition) is 1. The van der Waals surface area contributed by atoms with Gasteiger partial charge in [0, 0.05) is 0 Å². The van der Waals surface area contributed by atoms with Gasteiger partial charge in [-0.25, -0.2) is 4.68 Å². The lowest BCUT2D eigenvalue weighted by Gasteiger charge is -2.11. The molecule has 2 aromatic carbocycles. The molecule has 0 saturated heterocycles. The van der Waals surface area contributed by atoms with Crippen LogP contribution >= 0.6 is 11.8 Å². The first-order valence-electron chi connectivity index (χ1n) is 8.97. The quantitative estimate of drug-likeness (QED) is 0.367. The van der Waals surface area contributed by atoms with Gasteiger partial charge in [0.15, 0.2) is 11.6 Å². The Morgan fingerprint density at radius 1 is 0.931 bits per heavy atom. The smallest absolute Gasteiger partial charge is 0.210 e. The molecule has 4 rings (SSSR count). The average Bonchev–Trinajstić information content (AvgIpc) is 3.33. The number of aromatic nitrogens is 7. The van der Waals surface area contributed by atoms with E-state index in [0.717, 1.165) is 22.6 Å². The van der Waals surface area contributed by atoms with E-state index in [4.69, 9.17) is 10.6 Å². The van der Waals surface area contributed by atoms with E-state index in [1.54, 1.807) is 4.68 Å². The summed E-state index contributed by atoms with van der Waals surface area (Å²) >= 11 is 1.41. The van der Waals surface area contributed by atoms with E-state index >= 15 is 0 Å². The summed E-state index contributed by atoms with van der Waals surface area (Å²) in [5.74, 6) is 8.73. The summed E-state index contributed by atoms with van der Waals surface area (Å²) in [5.41, 5.74) is 3.02. The van der Waals surface area contributed by atoms with Crippen molar-refractivity contribution in [2.24, 2.45) is 0 Å². The van der Waals surface area contributed by atoms with Crippen molar-refractivity contribution in [1.82, 2.24) is 35.1 Å². The largest absolute Gasteiger partial charge is 0.485 e. The average molecular weight is 408 g/mol. The van der Waals surface area contributed by atoms with Crippen molar-refractivity contribution in [3.63, 3.8) is 0 Å². The summed E-state index contributed by atoms with van der Waals surface area (Å²) in [6.45, 7) is 4.25. The Hall–Kier alpha value is -3.40. The van der Waals surface area contributed by atoms with Crippen molar-refractivity contribution >= 4 is 11.8 Å². The van der Waals surface area contributed by atoms with E-state index in [-0.39, 0.29) is 6.61 Å². The maximum atomic E-state index is 6.16. The first-order chi connectivity index (χ1) is 14.1. The molecular weight excluding hydrogens is 388 g/mol. The Bertz CT molecular complexity index is 1090. The van der Waals surface area contributed by atoms with Gasteiger partial charge >= 0.3 is 0 Å². The van der Waals surface area contributed by atoms with Crippen molar-refractivity contribution in [2.45, 2.75) is 31.4 Å². The normalized spacial score (nSPS) is 11.0. The maximum Gasteiger partial charge on any atom is 0.210 e. The fraction of sp³-hybridized carbons (Fsp3) is 0.211. The van der Waals surface area contributed by atoms with Crippen LogP contribution in [0.15, 0.2) is 53.7 Å². The van der Waals surface area contributed by atoms with Gasteiger partial charge in [-0.15, -0.1) is 15.3 Å². The second-order valence-electron chi connectivity index (χ2n) is 6.41. The summed E-state index contributed by atoms with van der Waals surface area (Å²) in [6, 6.07) is 15.7. The number of hydrogen-bond acceptors (Lipinski definition) is 8. The summed E-state index contributed by atoms with van der Waals surface area (Å²) in [6.07, 6.45) is 0. The van der Waals surface area contributed by atoms with Crippen LogP contribution < -0.4 is 10.6 Å². The number of rotatable bonds is 7. The highest BCUT2D eigenvalue weighted by Gasteiger charge is 2.15. The molecule has 29 heavy (non-hydrogen) atoms. The highest BCUT2D eigenvalue weighted by atomic mass is 32.2. The number of aryl methyl sites for hydroxylation is 2. The zero-order valence-corrected chi connectivity index (χ0v) is 16.9. The molecule has 0 aliphatic rings. The van der Waals surface area contributed by atoms with Crippen LogP contribution in [-0.4, -0.2) is 35.1 Å². The zero-order valence-electron chi connectivity index (χ0n) is 16.1. The summed E-state index contributed by atoms with van der Waals surface area (Å²) in [4.78, 5) is 0. The van der Waals surface area contributed by atoms with Crippen LogP contribution in [0.4, 0.5) is 0 Å². The molecule has 2 heterocycles. The Kier molecular flexibility index (Phi) is 5.43. The predicted octanol–water partition coefficient (Wildman–Crippen LogP) is 2.46. The van der Waals surface area contributed by atoms with Crippen LogP contribution in [0.5, 0.6) is 5.75 Å². The van der Waals surface area contributed by atoms with Crippen LogP contribution in [0.2, 0.25) is 0 Å². The third-order valence-corrected chi connectivity index (χ3v) is 5.29. The van der Waals surface area contributed by atoms with Gasteiger partial charge in [0.25, 0.3) is 0 Å². The summed E-state index contributed by atoms with van der Waals surface area (Å²) < 4.78 is 9.06. The molecule has 0 saturated carbocycles. The fourth-order valence-corrected chi connectivity index (χ4v) is 3.64.